The number of aromatic nitrogens is 4. The molecule has 0 spiro atoms. The van der Waals surface area contributed by atoms with Gasteiger partial charge in [-0.15, -0.1) is 0 Å². The summed E-state index contributed by atoms with van der Waals surface area (Å²) in [4.78, 5) is 0. The molecule has 0 bridgehead atoms. The van der Waals surface area contributed by atoms with E-state index in [9.17, 15) is 0 Å². The number of rotatable bonds is 5. The Hall–Kier alpha value is -9.02. The molecule has 0 fully saturated rings. The smallest absolute Gasteiger partial charge is 0.309 e. The molecule has 0 saturated carbocycles. The summed E-state index contributed by atoms with van der Waals surface area (Å²) in [6.45, 7) is 0. The van der Waals surface area contributed by atoms with Gasteiger partial charge in [-0.1, -0.05) is 109 Å². The van der Waals surface area contributed by atoms with Gasteiger partial charge >= 0.3 is 12.4 Å². The lowest BCUT2D eigenvalue weighted by molar-refractivity contribution is -0.139. The zero-order valence-corrected chi connectivity index (χ0v) is 37.8. The highest BCUT2D eigenvalue weighted by Gasteiger charge is 2.39. The van der Waals surface area contributed by atoms with Crippen LogP contribution in [-0.2, 0) is 12.4 Å². The highest BCUT2D eigenvalue weighted by atomic mass is 19.4. The minimum absolute atomic E-state index is 0.279. The van der Waals surface area contributed by atoms with Crippen molar-refractivity contribution < 1.29 is 26.3 Å². The molecule has 346 valence electrons. The Morgan fingerprint density at radius 1 is 0.222 bits per heavy atom. The van der Waals surface area contributed by atoms with Gasteiger partial charge in [-0.2, -0.15) is 26.3 Å². The zero-order valence-electron chi connectivity index (χ0n) is 37.8. The number of hydrogen-bond acceptors (Lipinski definition) is 0. The molecule has 0 aliphatic heterocycles. The van der Waals surface area contributed by atoms with Crippen LogP contribution in [-0.4, -0.2) is 18.3 Å². The third kappa shape index (κ3) is 6.14. The van der Waals surface area contributed by atoms with Gasteiger partial charge in [-0.25, -0.2) is 0 Å². The molecule has 72 heavy (non-hydrogen) atoms. The van der Waals surface area contributed by atoms with Gasteiger partial charge in [-0.05, 0) is 120 Å². The normalized spacial score (nSPS) is 12.6. The van der Waals surface area contributed by atoms with Crippen molar-refractivity contribution in [3.63, 3.8) is 0 Å². The number of fused-ring (bicyclic) bond motifs is 12. The average Bonchev–Trinajstić information content (AvgIpc) is 4.12. The van der Waals surface area contributed by atoms with Gasteiger partial charge in [0.25, 0.3) is 0 Å². The van der Waals surface area contributed by atoms with Crippen LogP contribution < -0.4 is 0 Å². The number of alkyl halides is 6. The van der Waals surface area contributed by atoms with Crippen molar-refractivity contribution >= 4 is 87.2 Å². The number of benzene rings is 10. The van der Waals surface area contributed by atoms with E-state index in [1.807, 2.05) is 130 Å². The van der Waals surface area contributed by atoms with Crippen LogP contribution in [0.1, 0.15) is 11.1 Å². The predicted octanol–water partition coefficient (Wildman–Crippen LogP) is 17.8. The topological polar surface area (TPSA) is 19.7 Å². The molecule has 0 aliphatic carbocycles. The SMILES string of the molecule is FC(F)(F)c1ccc(-n2c3ccccc3c3cc(-n4c5ccccc5c5ccccc54)ccc32)cc1-c1cc(-n2c3ccccc3c3cc(-n4c5ccccc5c5ccccc54)ccc32)ccc1C(F)(F)F. The number of hydrogen-bond donors (Lipinski definition) is 0. The minimum atomic E-state index is -5.00. The maximum atomic E-state index is 15.4. The summed E-state index contributed by atoms with van der Waals surface area (Å²) in [5.74, 6) is 0. The maximum Gasteiger partial charge on any atom is 0.417 e. The maximum absolute atomic E-state index is 15.4. The number of halogens is 6. The molecular formula is C62H36F6N4. The molecule has 4 nitrogen and oxygen atoms in total. The summed E-state index contributed by atoms with van der Waals surface area (Å²) in [7, 11) is 0. The number of nitrogens with zero attached hydrogens (tertiary/aromatic N) is 4. The summed E-state index contributed by atoms with van der Waals surface area (Å²) in [5.41, 5.74) is 5.60. The van der Waals surface area contributed by atoms with Crippen molar-refractivity contribution in [1.29, 1.82) is 0 Å². The van der Waals surface area contributed by atoms with E-state index in [-0.39, 0.29) is 11.4 Å². The zero-order chi connectivity index (χ0) is 48.6. The lowest BCUT2D eigenvalue weighted by Gasteiger charge is -2.21. The van der Waals surface area contributed by atoms with Crippen LogP contribution in [0.4, 0.5) is 26.3 Å². The second kappa shape index (κ2) is 15.2. The molecule has 0 unspecified atom stereocenters. The number of para-hydroxylation sites is 6. The van der Waals surface area contributed by atoms with Crippen molar-refractivity contribution in [2.45, 2.75) is 12.4 Å². The van der Waals surface area contributed by atoms with Crippen LogP contribution in [0.15, 0.2) is 218 Å². The van der Waals surface area contributed by atoms with Crippen LogP contribution in [0.3, 0.4) is 0 Å². The average molecular weight is 951 g/mol. The van der Waals surface area contributed by atoms with Gasteiger partial charge in [0.2, 0.25) is 0 Å². The van der Waals surface area contributed by atoms with E-state index >= 15 is 26.3 Å². The fourth-order valence-corrected chi connectivity index (χ4v) is 11.4. The van der Waals surface area contributed by atoms with Crippen molar-refractivity contribution in [3.8, 4) is 33.9 Å². The van der Waals surface area contributed by atoms with Crippen LogP contribution in [0.2, 0.25) is 0 Å². The van der Waals surface area contributed by atoms with Crippen LogP contribution in [0, 0.1) is 0 Å². The predicted molar refractivity (Wildman–Crippen MR) is 279 cm³/mol. The molecule has 0 aliphatic rings. The van der Waals surface area contributed by atoms with E-state index < -0.39 is 34.6 Å². The van der Waals surface area contributed by atoms with E-state index in [2.05, 4.69) is 69.8 Å². The Kier molecular flexibility index (Phi) is 8.87. The highest BCUT2D eigenvalue weighted by molar-refractivity contribution is 6.14. The molecule has 4 aromatic heterocycles. The first-order chi connectivity index (χ1) is 35.0. The quantitative estimate of drug-likeness (QED) is 0.153. The molecule has 0 amide bonds. The van der Waals surface area contributed by atoms with Gasteiger partial charge in [0.05, 0.1) is 55.3 Å². The lowest BCUT2D eigenvalue weighted by atomic mass is 9.93. The van der Waals surface area contributed by atoms with Gasteiger partial charge in [0, 0.05) is 65.8 Å². The van der Waals surface area contributed by atoms with Gasteiger partial charge in [-0.3, -0.25) is 0 Å². The largest absolute Gasteiger partial charge is 0.417 e. The van der Waals surface area contributed by atoms with Crippen LogP contribution in [0.25, 0.3) is 121 Å². The Balaban J connectivity index is 0.973. The molecule has 0 radical (unpaired) electrons. The third-order valence-corrected chi connectivity index (χ3v) is 14.4. The van der Waals surface area contributed by atoms with E-state index in [4.69, 9.17) is 0 Å². The van der Waals surface area contributed by atoms with Crippen molar-refractivity contribution in [2.75, 3.05) is 0 Å². The molecule has 10 heteroatoms. The molecular weight excluding hydrogens is 915 g/mol. The monoisotopic (exact) mass is 950 g/mol. The standard InChI is InChI=1S/C62H36F6N4/c63-61(64,65)51-29-25-37(71-57-23-11-5-17-45(57)49-35-39(27-31-59(49)71)69-53-19-7-1-13-41(53)42-14-2-8-20-54(42)69)33-47(51)48-34-38(26-30-52(48)62(66,67)68)72-58-24-12-6-18-46(58)50-36-40(28-32-60(50)72)70-55-21-9-3-15-43(55)44-16-4-10-22-56(44)70/h1-36H. The highest BCUT2D eigenvalue weighted by Crippen LogP contribution is 2.47. The summed E-state index contributed by atoms with van der Waals surface area (Å²) in [6, 6.07) is 66.8. The van der Waals surface area contributed by atoms with Crippen LogP contribution in [0.5, 0.6) is 0 Å². The van der Waals surface area contributed by atoms with Crippen LogP contribution >= 0.6 is 0 Å². The molecule has 0 N–H and O–H groups in total. The lowest BCUT2D eigenvalue weighted by Crippen LogP contribution is -2.12. The molecule has 4 heterocycles. The Bertz CT molecular complexity index is 4160. The van der Waals surface area contributed by atoms with Crippen molar-refractivity contribution in [2.24, 2.45) is 0 Å². The first-order valence-corrected chi connectivity index (χ1v) is 23.5. The molecule has 14 rings (SSSR count). The molecule has 10 aromatic carbocycles. The summed E-state index contributed by atoms with van der Waals surface area (Å²) < 4.78 is 100. The summed E-state index contributed by atoms with van der Waals surface area (Å²) >= 11 is 0. The third-order valence-electron chi connectivity index (χ3n) is 14.4. The first-order valence-electron chi connectivity index (χ1n) is 23.5. The van der Waals surface area contributed by atoms with E-state index in [1.54, 1.807) is 0 Å². The molecule has 0 atom stereocenters. The summed E-state index contributed by atoms with van der Waals surface area (Å²) in [5, 5.41) is 7.71. The van der Waals surface area contributed by atoms with Gasteiger partial charge in [0.15, 0.2) is 0 Å². The molecule has 0 saturated heterocycles. The Morgan fingerprint density at radius 3 is 0.722 bits per heavy atom. The Labute approximate surface area is 406 Å². The first kappa shape index (κ1) is 41.9. The van der Waals surface area contributed by atoms with Crippen molar-refractivity contribution in [3.05, 3.63) is 230 Å². The van der Waals surface area contributed by atoms with Gasteiger partial charge in [0.1, 0.15) is 0 Å². The van der Waals surface area contributed by atoms with E-state index in [0.29, 0.717) is 22.1 Å². The fraction of sp³-hybridized carbons (Fsp3) is 0.0323. The van der Waals surface area contributed by atoms with Crippen molar-refractivity contribution in [1.82, 2.24) is 18.3 Å². The van der Waals surface area contributed by atoms with E-state index in [1.165, 1.54) is 24.3 Å². The second-order valence-electron chi connectivity index (χ2n) is 18.3. The second-order valence-corrected chi connectivity index (χ2v) is 18.3. The minimum Gasteiger partial charge on any atom is -0.309 e. The Morgan fingerprint density at radius 2 is 0.444 bits per heavy atom. The fourth-order valence-electron chi connectivity index (χ4n) is 11.4. The molecule has 14 aromatic rings. The van der Waals surface area contributed by atoms with Gasteiger partial charge < -0.3 is 18.3 Å². The van der Waals surface area contributed by atoms with E-state index in [0.717, 1.165) is 88.7 Å². The summed E-state index contributed by atoms with van der Waals surface area (Å²) in [6.07, 6.45) is -10.00.